The number of nitrogens with two attached hydrogens (primary N) is 1. The first-order chi connectivity index (χ1) is 6.08. The van der Waals surface area contributed by atoms with Crippen molar-refractivity contribution in [3.8, 4) is 0 Å². The smallest absolute Gasteiger partial charge is 0.0170 e. The monoisotopic (exact) mass is 185 g/mol. The van der Waals surface area contributed by atoms with Gasteiger partial charge in [-0.2, -0.15) is 0 Å². The van der Waals surface area contributed by atoms with Crippen LogP contribution in [0.3, 0.4) is 0 Å². The van der Waals surface area contributed by atoms with Gasteiger partial charge in [0.15, 0.2) is 0 Å². The fraction of sp³-hybridized carbons (Fsp3) is 1.00. The molecule has 78 valence electrons. The van der Waals surface area contributed by atoms with Gasteiger partial charge in [0.05, 0.1) is 0 Å². The van der Waals surface area contributed by atoms with E-state index in [1.807, 2.05) is 0 Å². The standard InChI is InChI=1S/C10H23N3/c1-9-6-10(11)8-13(7-9)5-4-12(2)3/h9-10H,4-8,11H2,1-3H3. The van der Waals surface area contributed by atoms with E-state index in [4.69, 9.17) is 5.73 Å². The van der Waals surface area contributed by atoms with E-state index in [-0.39, 0.29) is 0 Å². The lowest BCUT2D eigenvalue weighted by Crippen LogP contribution is -2.48. The number of hydrogen-bond acceptors (Lipinski definition) is 3. The second kappa shape index (κ2) is 4.94. The molecule has 1 aliphatic rings. The molecule has 0 aromatic rings. The van der Waals surface area contributed by atoms with Gasteiger partial charge >= 0.3 is 0 Å². The van der Waals surface area contributed by atoms with Crippen molar-refractivity contribution in [2.45, 2.75) is 19.4 Å². The molecule has 0 aromatic carbocycles. The average molecular weight is 185 g/mol. The molecule has 1 aliphatic heterocycles. The predicted molar refractivity (Wildman–Crippen MR) is 56.8 cm³/mol. The minimum absolute atomic E-state index is 0.394. The third-order valence-electron chi connectivity index (χ3n) is 2.63. The highest BCUT2D eigenvalue weighted by Crippen LogP contribution is 2.14. The van der Waals surface area contributed by atoms with Crippen LogP contribution >= 0.6 is 0 Å². The third-order valence-corrected chi connectivity index (χ3v) is 2.63. The topological polar surface area (TPSA) is 32.5 Å². The van der Waals surface area contributed by atoms with Crippen molar-refractivity contribution in [2.24, 2.45) is 11.7 Å². The minimum atomic E-state index is 0.394. The zero-order valence-electron chi connectivity index (χ0n) is 9.16. The van der Waals surface area contributed by atoms with E-state index >= 15 is 0 Å². The van der Waals surface area contributed by atoms with Gasteiger partial charge in [0, 0.05) is 32.2 Å². The first-order valence-electron chi connectivity index (χ1n) is 5.20. The van der Waals surface area contributed by atoms with Crippen LogP contribution in [0.15, 0.2) is 0 Å². The summed E-state index contributed by atoms with van der Waals surface area (Å²) in [4.78, 5) is 4.71. The Morgan fingerprint density at radius 2 is 2.08 bits per heavy atom. The number of nitrogens with zero attached hydrogens (tertiary/aromatic N) is 2. The lowest BCUT2D eigenvalue weighted by molar-refractivity contribution is 0.153. The molecule has 2 atom stereocenters. The molecule has 13 heavy (non-hydrogen) atoms. The Morgan fingerprint density at radius 3 is 2.62 bits per heavy atom. The summed E-state index contributed by atoms with van der Waals surface area (Å²) in [6.45, 7) is 6.89. The molecule has 1 saturated heterocycles. The van der Waals surface area contributed by atoms with Gasteiger partial charge in [0.2, 0.25) is 0 Å². The highest BCUT2D eigenvalue weighted by atomic mass is 15.2. The van der Waals surface area contributed by atoms with Crippen LogP contribution in [0.2, 0.25) is 0 Å². The molecule has 0 spiro atoms. The number of likely N-dealkylation sites (N-methyl/N-ethyl adjacent to an activating group) is 1. The lowest BCUT2D eigenvalue weighted by atomic mass is 9.97. The summed E-state index contributed by atoms with van der Waals surface area (Å²) in [5, 5.41) is 0. The molecule has 0 bridgehead atoms. The molecule has 0 saturated carbocycles. The quantitative estimate of drug-likeness (QED) is 0.682. The molecule has 0 aromatic heterocycles. The van der Waals surface area contributed by atoms with E-state index in [0.717, 1.165) is 25.6 Å². The van der Waals surface area contributed by atoms with Crippen LogP contribution in [-0.4, -0.2) is 56.1 Å². The van der Waals surface area contributed by atoms with Crippen molar-refractivity contribution < 1.29 is 0 Å². The third kappa shape index (κ3) is 4.07. The van der Waals surface area contributed by atoms with E-state index in [9.17, 15) is 0 Å². The van der Waals surface area contributed by atoms with Gasteiger partial charge < -0.3 is 15.5 Å². The molecule has 1 heterocycles. The molecule has 3 nitrogen and oxygen atoms in total. The van der Waals surface area contributed by atoms with Crippen LogP contribution in [-0.2, 0) is 0 Å². The number of likely N-dealkylation sites (tertiary alicyclic amines) is 1. The Morgan fingerprint density at radius 1 is 1.38 bits per heavy atom. The van der Waals surface area contributed by atoms with Crippen molar-refractivity contribution in [3.63, 3.8) is 0 Å². The summed E-state index contributed by atoms with van der Waals surface area (Å²) in [6.07, 6.45) is 1.19. The van der Waals surface area contributed by atoms with Gasteiger partial charge in [-0.15, -0.1) is 0 Å². The summed E-state index contributed by atoms with van der Waals surface area (Å²) < 4.78 is 0. The number of rotatable bonds is 3. The largest absolute Gasteiger partial charge is 0.327 e. The molecule has 2 unspecified atom stereocenters. The van der Waals surface area contributed by atoms with E-state index in [1.165, 1.54) is 13.0 Å². The van der Waals surface area contributed by atoms with Crippen molar-refractivity contribution in [3.05, 3.63) is 0 Å². The Hall–Kier alpha value is -0.120. The van der Waals surface area contributed by atoms with Gasteiger partial charge in [-0.25, -0.2) is 0 Å². The van der Waals surface area contributed by atoms with Gasteiger partial charge in [0.25, 0.3) is 0 Å². The summed E-state index contributed by atoms with van der Waals surface area (Å²) in [7, 11) is 4.24. The molecule has 0 amide bonds. The Bertz CT molecular complexity index is 137. The van der Waals surface area contributed by atoms with E-state index in [0.29, 0.717) is 6.04 Å². The molecular weight excluding hydrogens is 162 g/mol. The fourth-order valence-electron chi connectivity index (χ4n) is 2.04. The van der Waals surface area contributed by atoms with Gasteiger partial charge in [0.1, 0.15) is 0 Å². The van der Waals surface area contributed by atoms with Gasteiger partial charge in [-0.3, -0.25) is 0 Å². The van der Waals surface area contributed by atoms with Crippen molar-refractivity contribution >= 4 is 0 Å². The maximum atomic E-state index is 5.97. The molecule has 2 N–H and O–H groups in total. The number of hydrogen-bond donors (Lipinski definition) is 1. The van der Waals surface area contributed by atoms with Crippen molar-refractivity contribution in [1.82, 2.24) is 9.80 Å². The van der Waals surface area contributed by atoms with Gasteiger partial charge in [-0.1, -0.05) is 6.92 Å². The summed E-state index contributed by atoms with van der Waals surface area (Å²) in [5.41, 5.74) is 5.97. The second-order valence-electron chi connectivity index (χ2n) is 4.66. The zero-order chi connectivity index (χ0) is 9.84. The van der Waals surface area contributed by atoms with Crippen LogP contribution in [0, 0.1) is 5.92 Å². The molecule has 3 heteroatoms. The van der Waals surface area contributed by atoms with E-state index < -0.39 is 0 Å². The maximum Gasteiger partial charge on any atom is 0.0170 e. The Labute approximate surface area is 81.9 Å². The van der Waals surface area contributed by atoms with Crippen LogP contribution in [0.4, 0.5) is 0 Å². The SMILES string of the molecule is CC1CC(N)CN(CCN(C)C)C1. The fourth-order valence-corrected chi connectivity index (χ4v) is 2.04. The molecule has 0 aliphatic carbocycles. The number of piperidine rings is 1. The molecule has 0 radical (unpaired) electrons. The first-order valence-corrected chi connectivity index (χ1v) is 5.20. The van der Waals surface area contributed by atoms with E-state index in [1.54, 1.807) is 0 Å². The molecule has 1 rings (SSSR count). The first kappa shape index (κ1) is 11.0. The van der Waals surface area contributed by atoms with Crippen LogP contribution in [0.1, 0.15) is 13.3 Å². The van der Waals surface area contributed by atoms with E-state index in [2.05, 4.69) is 30.8 Å². The summed E-state index contributed by atoms with van der Waals surface area (Å²) >= 11 is 0. The Kier molecular flexibility index (Phi) is 4.16. The molecular formula is C10H23N3. The molecule has 1 fully saturated rings. The minimum Gasteiger partial charge on any atom is -0.327 e. The zero-order valence-corrected chi connectivity index (χ0v) is 9.16. The summed E-state index contributed by atoms with van der Waals surface area (Å²) in [6, 6.07) is 0.394. The van der Waals surface area contributed by atoms with Crippen molar-refractivity contribution in [2.75, 3.05) is 40.3 Å². The van der Waals surface area contributed by atoms with Crippen LogP contribution < -0.4 is 5.73 Å². The van der Waals surface area contributed by atoms with Crippen molar-refractivity contribution in [1.29, 1.82) is 0 Å². The highest BCUT2D eigenvalue weighted by molar-refractivity contribution is 4.79. The summed E-state index contributed by atoms with van der Waals surface area (Å²) in [5.74, 6) is 0.769. The second-order valence-corrected chi connectivity index (χ2v) is 4.66. The highest BCUT2D eigenvalue weighted by Gasteiger charge is 2.21. The van der Waals surface area contributed by atoms with Gasteiger partial charge in [-0.05, 0) is 26.4 Å². The average Bonchev–Trinajstić information content (AvgIpc) is 1.99. The lowest BCUT2D eigenvalue weighted by Gasteiger charge is -2.35. The predicted octanol–water partition coefficient (Wildman–Crippen LogP) is 0.217. The maximum absolute atomic E-state index is 5.97. The Balaban J connectivity index is 2.25. The van der Waals surface area contributed by atoms with Crippen LogP contribution in [0.5, 0.6) is 0 Å². The van der Waals surface area contributed by atoms with Crippen LogP contribution in [0.25, 0.3) is 0 Å². The normalized spacial score (nSPS) is 31.2.